The number of aromatic nitrogens is 1. The van der Waals surface area contributed by atoms with E-state index in [9.17, 15) is 13.2 Å². The van der Waals surface area contributed by atoms with Gasteiger partial charge in [0.1, 0.15) is 0 Å². The Labute approximate surface area is 123 Å². The van der Waals surface area contributed by atoms with Gasteiger partial charge in [-0.05, 0) is 31.3 Å². The third-order valence-electron chi connectivity index (χ3n) is 3.12. The molecular weight excluding hydrogens is 288 g/mol. The highest BCUT2D eigenvalue weighted by Crippen LogP contribution is 2.31. The van der Waals surface area contributed by atoms with Crippen LogP contribution < -0.4 is 0 Å². The maximum atomic E-state index is 12.1. The lowest BCUT2D eigenvalue weighted by Gasteiger charge is -2.13. The van der Waals surface area contributed by atoms with Crippen LogP contribution in [0.4, 0.5) is 0 Å². The minimum absolute atomic E-state index is 0.116. The van der Waals surface area contributed by atoms with Gasteiger partial charge in [-0.1, -0.05) is 12.1 Å². The van der Waals surface area contributed by atoms with Crippen molar-refractivity contribution in [2.45, 2.75) is 11.8 Å². The van der Waals surface area contributed by atoms with Crippen LogP contribution in [0.3, 0.4) is 0 Å². The first-order chi connectivity index (χ1) is 9.86. The number of carbonyl (C=O) groups excluding carboxylic acids is 1. The number of rotatable bonds is 3. The Morgan fingerprint density at radius 2 is 2.00 bits per heavy atom. The predicted molar refractivity (Wildman–Crippen MR) is 81.4 cm³/mol. The summed E-state index contributed by atoms with van der Waals surface area (Å²) in [7, 11) is -3.52. The van der Waals surface area contributed by atoms with Crippen molar-refractivity contribution in [1.82, 2.24) is 4.98 Å². The van der Waals surface area contributed by atoms with Gasteiger partial charge >= 0.3 is 0 Å². The van der Waals surface area contributed by atoms with Crippen LogP contribution in [0.2, 0.25) is 0 Å². The highest BCUT2D eigenvalue weighted by atomic mass is 32.2. The molecule has 0 N–H and O–H groups in total. The molecule has 108 valence electrons. The van der Waals surface area contributed by atoms with Crippen molar-refractivity contribution >= 4 is 22.5 Å². The number of nitrogens with zero attached hydrogens (tertiary/aromatic N) is 2. The van der Waals surface area contributed by atoms with E-state index in [1.807, 2.05) is 0 Å². The number of hydrogen-bond donors (Lipinski definition) is 0. The van der Waals surface area contributed by atoms with Gasteiger partial charge < -0.3 is 0 Å². The van der Waals surface area contributed by atoms with Crippen LogP contribution in [0.1, 0.15) is 15.9 Å². The monoisotopic (exact) mass is 302 g/mol. The van der Waals surface area contributed by atoms with Gasteiger partial charge in [0, 0.05) is 35.3 Å². The molecule has 0 aliphatic heterocycles. The Morgan fingerprint density at radius 1 is 1.29 bits per heavy atom. The number of benzene rings is 1. The van der Waals surface area contributed by atoms with Crippen LogP contribution >= 0.6 is 0 Å². The topological polar surface area (TPSA) is 76.5 Å². The van der Waals surface area contributed by atoms with E-state index in [1.165, 1.54) is 0 Å². The summed E-state index contributed by atoms with van der Waals surface area (Å²) in [5.41, 5.74) is 1.80. The summed E-state index contributed by atoms with van der Waals surface area (Å²) in [6, 6.07) is 6.65. The molecule has 1 aromatic heterocycles. The van der Waals surface area contributed by atoms with Gasteiger partial charge in [0.05, 0.1) is 4.90 Å². The van der Waals surface area contributed by atoms with Gasteiger partial charge in [0.2, 0.25) is 0 Å². The molecule has 0 saturated heterocycles. The van der Waals surface area contributed by atoms with Gasteiger partial charge in [-0.15, -0.1) is 0 Å². The summed E-state index contributed by atoms with van der Waals surface area (Å²) in [4.78, 5) is 19.2. The second-order valence-corrected chi connectivity index (χ2v) is 6.54. The molecule has 5 nitrogen and oxygen atoms in total. The molecule has 0 fully saturated rings. The molecule has 1 aromatic carbocycles. The molecule has 0 bridgehead atoms. The zero-order chi connectivity index (χ0) is 15.6. The third kappa shape index (κ3) is 2.90. The number of amides is 1. The Bertz CT molecular complexity index is 812. The first-order valence-electron chi connectivity index (χ1n) is 6.11. The molecule has 2 rings (SSSR count). The lowest BCUT2D eigenvalue weighted by atomic mass is 10.0. The zero-order valence-corrected chi connectivity index (χ0v) is 12.5. The van der Waals surface area contributed by atoms with Gasteiger partial charge in [-0.3, -0.25) is 9.78 Å². The fourth-order valence-corrected chi connectivity index (χ4v) is 3.49. The van der Waals surface area contributed by atoms with Crippen molar-refractivity contribution in [3.63, 3.8) is 0 Å². The second kappa shape index (κ2) is 5.57. The van der Waals surface area contributed by atoms with Crippen LogP contribution in [0.25, 0.3) is 11.1 Å². The number of sulfone groups is 1. The van der Waals surface area contributed by atoms with Crippen molar-refractivity contribution in [1.29, 1.82) is 0 Å². The molecule has 0 unspecified atom stereocenters. The molecule has 21 heavy (non-hydrogen) atoms. The molecule has 0 aliphatic carbocycles. The lowest BCUT2D eigenvalue weighted by molar-refractivity contribution is 0.100. The fourth-order valence-electron chi connectivity index (χ4n) is 2.24. The molecule has 6 heteroatoms. The highest BCUT2D eigenvalue weighted by Gasteiger charge is 2.22. The maximum absolute atomic E-state index is 12.1. The van der Waals surface area contributed by atoms with Crippen LogP contribution in [-0.4, -0.2) is 32.3 Å². The first kappa shape index (κ1) is 15.1. The molecule has 1 amide bonds. The van der Waals surface area contributed by atoms with Crippen molar-refractivity contribution in [3.8, 4) is 11.1 Å². The van der Waals surface area contributed by atoms with Crippen molar-refractivity contribution in [2.24, 2.45) is 4.99 Å². The van der Waals surface area contributed by atoms with Crippen LogP contribution in [-0.2, 0) is 9.84 Å². The quantitative estimate of drug-likeness (QED) is 0.815. The molecule has 1 heterocycles. The molecule has 2 aromatic rings. The van der Waals surface area contributed by atoms with E-state index in [0.717, 1.165) is 6.26 Å². The number of carbonyl (C=O) groups is 1. The predicted octanol–water partition coefficient (Wildman–Crippen LogP) is 2.30. The molecule has 0 spiro atoms. The van der Waals surface area contributed by atoms with E-state index >= 15 is 0 Å². The fraction of sp³-hybridized carbons (Fsp3) is 0.133. The SMILES string of the molecule is C=NC(=O)c1ccc(-c2cccnc2)c(S(C)(=O)=O)c1C. The van der Waals surface area contributed by atoms with Gasteiger partial charge in [-0.2, -0.15) is 0 Å². The summed E-state index contributed by atoms with van der Waals surface area (Å²) in [5.74, 6) is -0.546. The Balaban J connectivity index is 2.83. The van der Waals surface area contributed by atoms with E-state index in [-0.39, 0.29) is 10.5 Å². The normalized spacial score (nSPS) is 11.1. The smallest absolute Gasteiger partial charge is 0.267 e. The zero-order valence-electron chi connectivity index (χ0n) is 11.7. The minimum atomic E-state index is -3.52. The van der Waals surface area contributed by atoms with E-state index in [2.05, 4.69) is 16.7 Å². The van der Waals surface area contributed by atoms with Crippen LogP contribution in [0.5, 0.6) is 0 Å². The standard InChI is InChI=1S/C15H14N2O3S/c1-10-12(15(18)16-2)6-7-13(14(10)21(3,19)20)11-5-4-8-17-9-11/h4-9H,2H2,1,3H3. The molecule has 0 aliphatic rings. The molecule has 0 saturated carbocycles. The number of aliphatic imine (C=N–C) groups is 1. The average molecular weight is 302 g/mol. The molecule has 0 radical (unpaired) electrons. The van der Waals surface area contributed by atoms with Crippen molar-refractivity contribution in [2.75, 3.05) is 6.26 Å². The summed E-state index contributed by atoms with van der Waals surface area (Å²) in [6.45, 7) is 4.78. The maximum Gasteiger partial charge on any atom is 0.276 e. The number of hydrogen-bond acceptors (Lipinski definition) is 4. The van der Waals surface area contributed by atoms with E-state index in [4.69, 9.17) is 0 Å². The largest absolute Gasteiger partial charge is 0.276 e. The minimum Gasteiger partial charge on any atom is -0.267 e. The van der Waals surface area contributed by atoms with Gasteiger partial charge in [0.15, 0.2) is 9.84 Å². The highest BCUT2D eigenvalue weighted by molar-refractivity contribution is 7.91. The van der Waals surface area contributed by atoms with E-state index < -0.39 is 15.7 Å². The van der Waals surface area contributed by atoms with E-state index in [1.54, 1.807) is 43.6 Å². The van der Waals surface area contributed by atoms with Gasteiger partial charge in [0.25, 0.3) is 5.91 Å². The summed E-state index contributed by atoms with van der Waals surface area (Å²) < 4.78 is 24.3. The molecular formula is C15H14N2O3S. The van der Waals surface area contributed by atoms with Crippen LogP contribution in [0, 0.1) is 6.92 Å². The Hall–Kier alpha value is -2.34. The second-order valence-electron chi connectivity index (χ2n) is 4.59. The average Bonchev–Trinajstić information content (AvgIpc) is 2.45. The summed E-state index contributed by atoms with van der Waals surface area (Å²) in [6.07, 6.45) is 4.30. The van der Waals surface area contributed by atoms with Gasteiger partial charge in [-0.25, -0.2) is 13.4 Å². The first-order valence-corrected chi connectivity index (χ1v) is 8.00. The Morgan fingerprint density at radius 3 is 2.52 bits per heavy atom. The van der Waals surface area contributed by atoms with E-state index in [0.29, 0.717) is 16.7 Å². The summed E-state index contributed by atoms with van der Waals surface area (Å²) >= 11 is 0. The lowest BCUT2D eigenvalue weighted by Crippen LogP contribution is -2.08. The Kier molecular flexibility index (Phi) is 3.99. The van der Waals surface area contributed by atoms with Crippen molar-refractivity contribution < 1.29 is 13.2 Å². The third-order valence-corrected chi connectivity index (χ3v) is 4.39. The number of pyridine rings is 1. The van der Waals surface area contributed by atoms with Crippen molar-refractivity contribution in [3.05, 3.63) is 47.8 Å². The van der Waals surface area contributed by atoms with Crippen LogP contribution in [0.15, 0.2) is 46.5 Å². The molecule has 0 atom stereocenters. The summed E-state index contributed by atoms with van der Waals surface area (Å²) in [5, 5.41) is 0.